The molecule has 0 N–H and O–H groups in total. The Kier molecular flexibility index (Phi) is 6.53. The molecule has 3 nitrogen and oxygen atoms in total. The number of rotatable bonds is 7. The number of hydrogen-bond donors (Lipinski definition) is 0. The molecule has 0 saturated heterocycles. The molecule has 0 aliphatic heterocycles. The standard InChI is InChI=1S/C25H19F5N2O/c1-2-14-12-31-24(32-13-14)18-7-8-19-17(11-18)6-5-16(22(19)28)4-3-15-9-20(26)23(21(27)10-15)33-25(29)30/h5-13,25H,2-4H2,1H3. The number of benzene rings is 3. The van der Waals surface area contributed by atoms with Crippen LogP contribution in [0.5, 0.6) is 5.75 Å². The lowest BCUT2D eigenvalue weighted by atomic mass is 9.98. The fourth-order valence-corrected chi connectivity index (χ4v) is 3.59. The second-order valence-corrected chi connectivity index (χ2v) is 7.51. The van der Waals surface area contributed by atoms with Gasteiger partial charge in [-0.05, 0) is 59.5 Å². The molecular weight excluding hydrogens is 439 g/mol. The number of fused-ring (bicyclic) bond motifs is 1. The van der Waals surface area contributed by atoms with Crippen LogP contribution >= 0.6 is 0 Å². The summed E-state index contributed by atoms with van der Waals surface area (Å²) in [5.41, 5.74) is 2.35. The van der Waals surface area contributed by atoms with Crippen LogP contribution < -0.4 is 4.74 Å². The number of hydrogen-bond acceptors (Lipinski definition) is 3. The quantitative estimate of drug-likeness (QED) is 0.291. The second-order valence-electron chi connectivity index (χ2n) is 7.51. The fraction of sp³-hybridized carbons (Fsp3) is 0.200. The fourth-order valence-electron chi connectivity index (χ4n) is 3.59. The van der Waals surface area contributed by atoms with Crippen molar-refractivity contribution in [3.63, 3.8) is 0 Å². The van der Waals surface area contributed by atoms with Crippen LogP contribution in [0.1, 0.15) is 23.6 Å². The molecule has 3 aromatic carbocycles. The Bertz CT molecular complexity index is 1270. The van der Waals surface area contributed by atoms with Crippen LogP contribution in [0.25, 0.3) is 22.2 Å². The summed E-state index contributed by atoms with van der Waals surface area (Å²) in [5.74, 6) is -3.48. The van der Waals surface area contributed by atoms with Gasteiger partial charge >= 0.3 is 6.61 Å². The Labute approximate surface area is 186 Å². The summed E-state index contributed by atoms with van der Waals surface area (Å²) in [5, 5.41) is 1.07. The lowest BCUT2D eigenvalue weighted by Gasteiger charge is -2.11. The van der Waals surface area contributed by atoms with E-state index in [0.717, 1.165) is 29.7 Å². The van der Waals surface area contributed by atoms with E-state index >= 15 is 4.39 Å². The van der Waals surface area contributed by atoms with Gasteiger partial charge < -0.3 is 4.74 Å². The minimum Gasteiger partial charge on any atom is -0.429 e. The van der Waals surface area contributed by atoms with Crippen LogP contribution in [0.2, 0.25) is 0 Å². The van der Waals surface area contributed by atoms with Crippen molar-refractivity contribution < 1.29 is 26.7 Å². The van der Waals surface area contributed by atoms with Crippen molar-refractivity contribution >= 4 is 10.8 Å². The van der Waals surface area contributed by atoms with E-state index in [0.29, 0.717) is 22.2 Å². The summed E-state index contributed by atoms with van der Waals surface area (Å²) in [6.07, 6.45) is 4.63. The third-order valence-corrected chi connectivity index (χ3v) is 5.35. The van der Waals surface area contributed by atoms with Gasteiger partial charge in [0.05, 0.1) is 0 Å². The van der Waals surface area contributed by atoms with Gasteiger partial charge in [0.1, 0.15) is 5.82 Å². The number of alkyl halides is 2. The summed E-state index contributed by atoms with van der Waals surface area (Å²) in [6, 6.07) is 10.4. The van der Waals surface area contributed by atoms with Gasteiger partial charge in [-0.15, -0.1) is 0 Å². The molecule has 0 saturated carbocycles. The van der Waals surface area contributed by atoms with Crippen molar-refractivity contribution in [3.8, 4) is 17.1 Å². The monoisotopic (exact) mass is 458 g/mol. The van der Waals surface area contributed by atoms with E-state index in [1.165, 1.54) is 0 Å². The first kappa shape index (κ1) is 22.6. The average molecular weight is 458 g/mol. The molecule has 0 radical (unpaired) electrons. The lowest BCUT2D eigenvalue weighted by Crippen LogP contribution is -2.06. The van der Waals surface area contributed by atoms with Crippen molar-refractivity contribution in [2.75, 3.05) is 0 Å². The zero-order chi connectivity index (χ0) is 23.5. The van der Waals surface area contributed by atoms with Crippen LogP contribution in [-0.4, -0.2) is 16.6 Å². The maximum Gasteiger partial charge on any atom is 0.387 e. The van der Waals surface area contributed by atoms with Gasteiger partial charge in [-0.2, -0.15) is 8.78 Å². The van der Waals surface area contributed by atoms with Gasteiger partial charge in [0.15, 0.2) is 23.2 Å². The SMILES string of the molecule is CCc1cnc(-c2ccc3c(F)c(CCc4cc(F)c(OC(F)F)c(F)c4)ccc3c2)nc1. The highest BCUT2D eigenvalue weighted by molar-refractivity contribution is 5.87. The number of ether oxygens (including phenoxy) is 1. The zero-order valence-electron chi connectivity index (χ0n) is 17.6. The van der Waals surface area contributed by atoms with Gasteiger partial charge in [0, 0.05) is 23.3 Å². The maximum atomic E-state index is 15.1. The molecular formula is C25H19F5N2O. The highest BCUT2D eigenvalue weighted by Crippen LogP contribution is 2.28. The molecule has 1 heterocycles. The molecule has 8 heteroatoms. The number of nitrogens with zero attached hydrogens (tertiary/aromatic N) is 2. The first-order valence-corrected chi connectivity index (χ1v) is 10.3. The summed E-state index contributed by atoms with van der Waals surface area (Å²) < 4.78 is 71.3. The first-order chi connectivity index (χ1) is 15.9. The Morgan fingerprint density at radius 3 is 2.18 bits per heavy atom. The molecule has 0 spiro atoms. The minimum absolute atomic E-state index is 0.112. The van der Waals surface area contributed by atoms with E-state index in [9.17, 15) is 17.6 Å². The molecule has 0 aliphatic carbocycles. The number of aromatic nitrogens is 2. The Morgan fingerprint density at radius 1 is 0.848 bits per heavy atom. The van der Waals surface area contributed by atoms with E-state index in [-0.39, 0.29) is 18.4 Å². The predicted octanol–water partition coefficient (Wildman–Crippen LogP) is 6.66. The van der Waals surface area contributed by atoms with Crippen molar-refractivity contribution in [1.82, 2.24) is 9.97 Å². The van der Waals surface area contributed by atoms with Gasteiger partial charge in [-0.25, -0.2) is 23.1 Å². The molecule has 0 amide bonds. The lowest BCUT2D eigenvalue weighted by molar-refractivity contribution is -0.0546. The van der Waals surface area contributed by atoms with Crippen molar-refractivity contribution in [1.29, 1.82) is 0 Å². The number of halogens is 5. The minimum atomic E-state index is -3.34. The van der Waals surface area contributed by atoms with Crippen molar-refractivity contribution in [2.45, 2.75) is 32.8 Å². The predicted molar refractivity (Wildman–Crippen MR) is 115 cm³/mol. The number of aryl methyl sites for hydroxylation is 3. The molecule has 0 unspecified atom stereocenters. The van der Waals surface area contributed by atoms with E-state index in [4.69, 9.17) is 0 Å². The molecule has 33 heavy (non-hydrogen) atoms. The van der Waals surface area contributed by atoms with Gasteiger partial charge in [-0.3, -0.25) is 0 Å². The molecule has 0 atom stereocenters. The summed E-state index contributed by atoms with van der Waals surface area (Å²) in [4.78, 5) is 8.70. The smallest absolute Gasteiger partial charge is 0.387 e. The van der Waals surface area contributed by atoms with Crippen LogP contribution in [0.4, 0.5) is 22.0 Å². The highest BCUT2D eigenvalue weighted by atomic mass is 19.3. The van der Waals surface area contributed by atoms with Crippen LogP contribution in [0.15, 0.2) is 54.9 Å². The summed E-state index contributed by atoms with van der Waals surface area (Å²) >= 11 is 0. The first-order valence-electron chi connectivity index (χ1n) is 10.3. The third-order valence-electron chi connectivity index (χ3n) is 5.35. The molecule has 4 rings (SSSR count). The molecule has 0 fully saturated rings. The van der Waals surface area contributed by atoms with Crippen LogP contribution in [-0.2, 0) is 19.3 Å². The molecule has 0 aliphatic rings. The van der Waals surface area contributed by atoms with Gasteiger partial charge in [0.2, 0.25) is 0 Å². The Morgan fingerprint density at radius 2 is 1.55 bits per heavy atom. The van der Waals surface area contributed by atoms with Crippen molar-refractivity contribution in [3.05, 3.63) is 89.0 Å². The molecule has 1 aromatic heterocycles. The largest absolute Gasteiger partial charge is 0.429 e. The van der Waals surface area contributed by atoms with E-state index in [1.807, 2.05) is 6.92 Å². The third kappa shape index (κ3) is 4.94. The Balaban J connectivity index is 1.55. The second kappa shape index (κ2) is 9.52. The van der Waals surface area contributed by atoms with Crippen LogP contribution in [0, 0.1) is 17.5 Å². The van der Waals surface area contributed by atoms with Crippen molar-refractivity contribution in [2.24, 2.45) is 0 Å². The van der Waals surface area contributed by atoms with E-state index in [1.54, 1.807) is 42.7 Å². The maximum absolute atomic E-state index is 15.1. The zero-order valence-corrected chi connectivity index (χ0v) is 17.6. The molecule has 0 bridgehead atoms. The summed E-state index contributed by atoms with van der Waals surface area (Å²) in [7, 11) is 0. The van der Waals surface area contributed by atoms with Crippen LogP contribution in [0.3, 0.4) is 0 Å². The van der Waals surface area contributed by atoms with Gasteiger partial charge in [0.25, 0.3) is 0 Å². The topological polar surface area (TPSA) is 35.0 Å². The van der Waals surface area contributed by atoms with Gasteiger partial charge in [-0.1, -0.05) is 31.2 Å². The molecule has 4 aromatic rings. The average Bonchev–Trinajstić information content (AvgIpc) is 2.81. The van der Waals surface area contributed by atoms with E-state index < -0.39 is 29.8 Å². The highest BCUT2D eigenvalue weighted by Gasteiger charge is 2.17. The summed E-state index contributed by atoms with van der Waals surface area (Å²) in [6.45, 7) is -1.33. The Hall–Kier alpha value is -3.55. The van der Waals surface area contributed by atoms with E-state index in [2.05, 4.69) is 14.7 Å². The molecule has 170 valence electrons. The normalized spacial score (nSPS) is 11.4.